The molecule has 0 saturated heterocycles. The fourth-order valence-corrected chi connectivity index (χ4v) is 0.450. The molecule has 0 saturated carbocycles. The van der Waals surface area contributed by atoms with Crippen LogP contribution in [0.2, 0.25) is 0 Å². The summed E-state index contributed by atoms with van der Waals surface area (Å²) < 4.78 is 28.0. The van der Waals surface area contributed by atoms with Gasteiger partial charge in [0.15, 0.2) is 0 Å². The van der Waals surface area contributed by atoms with Crippen molar-refractivity contribution < 1.29 is 13.5 Å². The highest BCUT2D eigenvalue weighted by molar-refractivity contribution is 5.05. The Bertz CT molecular complexity index is 144. The van der Waals surface area contributed by atoms with Crippen LogP contribution in [-0.4, -0.2) is 6.11 Å². The van der Waals surface area contributed by atoms with E-state index in [9.17, 15) is 8.78 Å². The number of alkyl halides is 2. The van der Waals surface area contributed by atoms with Gasteiger partial charge in [-0.25, -0.2) is 0 Å². The molecule has 0 N–H and O–H groups in total. The van der Waals surface area contributed by atoms with Crippen molar-refractivity contribution in [3.8, 4) is 0 Å². The van der Waals surface area contributed by atoms with Crippen molar-refractivity contribution in [3.63, 3.8) is 0 Å². The molecule has 3 heteroatoms. The summed E-state index contributed by atoms with van der Waals surface area (Å²) in [6, 6.07) is 0. The van der Waals surface area contributed by atoms with Gasteiger partial charge in [0.2, 0.25) is 0 Å². The van der Waals surface area contributed by atoms with Crippen molar-refractivity contribution in [2.45, 2.75) is 20.0 Å². The molecule has 0 aromatic heterocycles. The first kappa shape index (κ1) is 9.14. The monoisotopic (exact) mass is 148 g/mol. The zero-order valence-electron chi connectivity index (χ0n) is 6.03. The molecule has 0 heterocycles. The molecule has 0 radical (unpaired) electrons. The summed E-state index contributed by atoms with van der Waals surface area (Å²) in [7, 11) is 0. The van der Waals surface area contributed by atoms with Crippen molar-refractivity contribution in [3.05, 3.63) is 24.5 Å². The van der Waals surface area contributed by atoms with Gasteiger partial charge in [-0.2, -0.15) is 8.78 Å². The zero-order valence-corrected chi connectivity index (χ0v) is 6.03. The molecule has 0 aliphatic rings. The summed E-state index contributed by atoms with van der Waals surface area (Å²) in [5.41, 5.74) is 0. The topological polar surface area (TPSA) is 9.23 Å². The van der Waals surface area contributed by atoms with Crippen LogP contribution in [0.1, 0.15) is 13.8 Å². The van der Waals surface area contributed by atoms with Crippen molar-refractivity contribution >= 4 is 0 Å². The van der Waals surface area contributed by atoms with E-state index in [0.717, 1.165) is 0 Å². The maximum Gasteiger partial charge on any atom is 0.394 e. The lowest BCUT2D eigenvalue weighted by molar-refractivity contribution is -0.194. The Kier molecular flexibility index (Phi) is 3.06. The van der Waals surface area contributed by atoms with Crippen molar-refractivity contribution in [2.75, 3.05) is 0 Å². The predicted molar refractivity (Wildman–Crippen MR) is 35.7 cm³/mol. The summed E-state index contributed by atoms with van der Waals surface area (Å²) in [4.78, 5) is 0. The molecule has 0 unspecified atom stereocenters. The highest BCUT2D eigenvalue weighted by atomic mass is 19.3. The molecule has 0 spiro atoms. The van der Waals surface area contributed by atoms with E-state index in [2.05, 4.69) is 11.3 Å². The summed E-state index contributed by atoms with van der Waals surface area (Å²) in [5, 5.41) is 0. The van der Waals surface area contributed by atoms with Crippen LogP contribution in [0, 0.1) is 0 Å². The first-order chi connectivity index (χ1) is 4.45. The average Bonchev–Trinajstić information content (AvgIpc) is 1.59. The Morgan fingerprint density at radius 3 is 2.40 bits per heavy atom. The van der Waals surface area contributed by atoms with Crippen LogP contribution in [0.4, 0.5) is 8.78 Å². The second-order valence-corrected chi connectivity index (χ2v) is 1.88. The molecule has 0 aromatic rings. The molecule has 0 amide bonds. The van der Waals surface area contributed by atoms with Gasteiger partial charge in [-0.05, 0) is 13.0 Å². The summed E-state index contributed by atoms with van der Waals surface area (Å²) >= 11 is 0. The van der Waals surface area contributed by atoms with Gasteiger partial charge in [0.25, 0.3) is 0 Å². The van der Waals surface area contributed by atoms with Gasteiger partial charge in [0.1, 0.15) is 5.76 Å². The highest BCUT2D eigenvalue weighted by Crippen LogP contribution is 2.17. The van der Waals surface area contributed by atoms with E-state index in [1.807, 2.05) is 0 Å². The molecule has 10 heavy (non-hydrogen) atoms. The third-order valence-electron chi connectivity index (χ3n) is 0.663. The Labute approximate surface area is 59.0 Å². The highest BCUT2D eigenvalue weighted by Gasteiger charge is 2.22. The van der Waals surface area contributed by atoms with Crippen molar-refractivity contribution in [1.29, 1.82) is 0 Å². The largest absolute Gasteiger partial charge is 0.433 e. The summed E-state index contributed by atoms with van der Waals surface area (Å²) in [6.07, 6.45) is -0.178. The molecule has 0 atom stereocenters. The minimum Gasteiger partial charge on any atom is -0.433 e. The number of rotatable bonds is 3. The van der Waals surface area contributed by atoms with Crippen LogP contribution in [0.5, 0.6) is 0 Å². The zero-order chi connectivity index (χ0) is 8.20. The molecular weight excluding hydrogens is 138 g/mol. The van der Waals surface area contributed by atoms with Crippen LogP contribution in [0.25, 0.3) is 0 Å². The van der Waals surface area contributed by atoms with Gasteiger partial charge >= 0.3 is 6.11 Å². The minimum atomic E-state index is -3.13. The second kappa shape index (κ2) is 3.34. The SMILES string of the molecule is C=C(/C=C\C)OC(C)(F)F. The standard InChI is InChI=1S/C7H10F2O/c1-4-5-6(2)10-7(3,8)9/h4-5H,2H2,1,3H3/b5-4-. The van der Waals surface area contributed by atoms with E-state index in [4.69, 9.17) is 0 Å². The minimum absolute atomic E-state index is 0.0324. The van der Waals surface area contributed by atoms with Gasteiger partial charge in [0, 0.05) is 6.92 Å². The van der Waals surface area contributed by atoms with Gasteiger partial charge in [0.05, 0.1) is 0 Å². The van der Waals surface area contributed by atoms with E-state index in [1.165, 1.54) is 6.08 Å². The molecule has 1 nitrogen and oxygen atoms in total. The molecule has 0 bridgehead atoms. The van der Waals surface area contributed by atoms with Crippen molar-refractivity contribution in [2.24, 2.45) is 0 Å². The summed E-state index contributed by atoms with van der Waals surface area (Å²) in [5.74, 6) is -0.0324. The molecule has 0 rings (SSSR count). The molecule has 0 aliphatic carbocycles. The smallest absolute Gasteiger partial charge is 0.394 e. The lowest BCUT2D eigenvalue weighted by Gasteiger charge is -2.11. The van der Waals surface area contributed by atoms with E-state index < -0.39 is 6.11 Å². The fourth-order valence-electron chi connectivity index (χ4n) is 0.450. The van der Waals surface area contributed by atoms with E-state index in [-0.39, 0.29) is 5.76 Å². The van der Waals surface area contributed by atoms with Crippen LogP contribution >= 0.6 is 0 Å². The third-order valence-corrected chi connectivity index (χ3v) is 0.663. The van der Waals surface area contributed by atoms with Crippen LogP contribution < -0.4 is 0 Å². The normalized spacial score (nSPS) is 12.0. The number of hydrogen-bond donors (Lipinski definition) is 0. The van der Waals surface area contributed by atoms with E-state index in [1.54, 1.807) is 13.0 Å². The molecule has 58 valence electrons. The van der Waals surface area contributed by atoms with Gasteiger partial charge in [-0.1, -0.05) is 12.7 Å². The lowest BCUT2D eigenvalue weighted by Crippen LogP contribution is -2.13. The third kappa shape index (κ3) is 5.28. The van der Waals surface area contributed by atoms with Crippen LogP contribution in [-0.2, 0) is 4.74 Å². The van der Waals surface area contributed by atoms with Gasteiger partial charge in [-0.3, -0.25) is 0 Å². The number of allylic oxidation sites excluding steroid dienone is 2. The number of ether oxygens (including phenoxy) is 1. The molecule has 0 aliphatic heterocycles. The Balaban J connectivity index is 3.81. The lowest BCUT2D eigenvalue weighted by atomic mass is 10.5. The van der Waals surface area contributed by atoms with Crippen molar-refractivity contribution in [1.82, 2.24) is 0 Å². The average molecular weight is 148 g/mol. The predicted octanol–water partition coefficient (Wildman–Crippen LogP) is 2.71. The van der Waals surface area contributed by atoms with Gasteiger partial charge in [-0.15, -0.1) is 0 Å². The van der Waals surface area contributed by atoms with Crippen LogP contribution in [0.3, 0.4) is 0 Å². The van der Waals surface area contributed by atoms with E-state index >= 15 is 0 Å². The maximum atomic E-state index is 12.0. The molecule has 0 aromatic carbocycles. The first-order valence-corrected chi connectivity index (χ1v) is 2.84. The Hall–Kier alpha value is -0.860. The summed E-state index contributed by atoms with van der Waals surface area (Å²) in [6.45, 7) is 5.61. The van der Waals surface area contributed by atoms with E-state index in [0.29, 0.717) is 6.92 Å². The first-order valence-electron chi connectivity index (χ1n) is 2.84. The molecular formula is C7H10F2O. The maximum absolute atomic E-state index is 12.0. The Morgan fingerprint density at radius 1 is 1.60 bits per heavy atom. The van der Waals surface area contributed by atoms with Gasteiger partial charge < -0.3 is 4.74 Å². The fraction of sp³-hybridized carbons (Fsp3) is 0.429. The quantitative estimate of drug-likeness (QED) is 0.441. The second-order valence-electron chi connectivity index (χ2n) is 1.88. The number of hydrogen-bond acceptors (Lipinski definition) is 1. The molecule has 0 fully saturated rings. The number of halogens is 2. The Morgan fingerprint density at radius 2 is 2.10 bits per heavy atom. The van der Waals surface area contributed by atoms with Crippen LogP contribution in [0.15, 0.2) is 24.5 Å².